The van der Waals surface area contributed by atoms with Gasteiger partial charge in [-0.15, -0.1) is 0 Å². The molecule has 4 nitrogen and oxygen atoms in total. The summed E-state index contributed by atoms with van der Waals surface area (Å²) in [5.74, 6) is 0. The van der Waals surface area contributed by atoms with Gasteiger partial charge in [-0.1, -0.05) is 64.2 Å². The highest BCUT2D eigenvalue weighted by atomic mass is 28.4. The third-order valence-corrected chi connectivity index (χ3v) is 7.29. The van der Waals surface area contributed by atoms with Gasteiger partial charge >= 0.3 is 8.80 Å². The van der Waals surface area contributed by atoms with E-state index >= 15 is 0 Å². The maximum absolute atomic E-state index is 8.45. The largest absolute Gasteiger partial charge is 0.500 e. The summed E-state index contributed by atoms with van der Waals surface area (Å²) in [6.07, 6.45) is 16.1. The molecule has 0 aliphatic rings. The third-order valence-electron chi connectivity index (χ3n) is 4.45. The molecule has 0 aromatic rings. The molecule has 0 aliphatic carbocycles. The van der Waals surface area contributed by atoms with Crippen molar-refractivity contribution in [3.8, 4) is 6.07 Å². The fourth-order valence-corrected chi connectivity index (χ4v) is 4.66. The van der Waals surface area contributed by atoms with E-state index < -0.39 is 8.80 Å². The lowest BCUT2D eigenvalue weighted by Gasteiger charge is -2.24. The quantitative estimate of drug-likeness (QED) is 0.260. The Morgan fingerprint density at radius 1 is 0.609 bits per heavy atom. The monoisotopic (exact) mass is 343 g/mol. The Morgan fingerprint density at radius 2 is 0.957 bits per heavy atom. The summed E-state index contributed by atoms with van der Waals surface area (Å²) < 4.78 is 16.3. The van der Waals surface area contributed by atoms with E-state index in [0.717, 1.165) is 25.3 Å². The van der Waals surface area contributed by atoms with Gasteiger partial charge in [0, 0.05) is 33.8 Å². The zero-order chi connectivity index (χ0) is 17.2. The average molecular weight is 344 g/mol. The molecule has 0 unspecified atom stereocenters. The van der Waals surface area contributed by atoms with Crippen molar-refractivity contribution < 1.29 is 13.3 Å². The third kappa shape index (κ3) is 12.6. The Hall–Kier alpha value is -0.413. The van der Waals surface area contributed by atoms with Gasteiger partial charge in [0.25, 0.3) is 0 Å². The van der Waals surface area contributed by atoms with Crippen molar-refractivity contribution in [3.05, 3.63) is 0 Å². The average Bonchev–Trinajstić information content (AvgIpc) is 2.59. The van der Waals surface area contributed by atoms with Crippen LogP contribution in [-0.4, -0.2) is 30.1 Å². The minimum Gasteiger partial charge on any atom is -0.377 e. The number of hydrogen-bond acceptors (Lipinski definition) is 4. The Labute approximate surface area is 144 Å². The first-order valence-electron chi connectivity index (χ1n) is 9.27. The number of nitrogens with zero attached hydrogens (tertiary/aromatic N) is 1. The summed E-state index contributed by atoms with van der Waals surface area (Å²) in [6, 6.07) is 3.13. The van der Waals surface area contributed by atoms with Crippen LogP contribution >= 0.6 is 0 Å². The topological polar surface area (TPSA) is 51.5 Å². The highest BCUT2D eigenvalue weighted by Gasteiger charge is 2.36. The molecule has 0 spiro atoms. The molecular formula is C18H37NO3Si. The smallest absolute Gasteiger partial charge is 0.377 e. The number of hydrogen-bond donors (Lipinski definition) is 0. The minimum atomic E-state index is -2.34. The van der Waals surface area contributed by atoms with Gasteiger partial charge in [-0.05, 0) is 12.8 Å². The molecule has 0 aromatic heterocycles. The number of nitriles is 1. The van der Waals surface area contributed by atoms with Gasteiger partial charge in [0.15, 0.2) is 0 Å². The van der Waals surface area contributed by atoms with E-state index in [9.17, 15) is 0 Å². The van der Waals surface area contributed by atoms with Crippen molar-refractivity contribution in [2.45, 2.75) is 89.5 Å². The van der Waals surface area contributed by atoms with Crippen LogP contribution in [0.4, 0.5) is 0 Å². The summed E-state index contributed by atoms with van der Waals surface area (Å²) in [4.78, 5) is 0. The fourth-order valence-electron chi connectivity index (χ4n) is 2.87. The molecule has 0 rings (SSSR count). The van der Waals surface area contributed by atoms with Crippen LogP contribution in [-0.2, 0) is 13.3 Å². The predicted molar refractivity (Wildman–Crippen MR) is 97.2 cm³/mol. The molecule has 0 saturated carbocycles. The van der Waals surface area contributed by atoms with E-state index in [2.05, 4.69) is 6.07 Å². The molecule has 0 saturated heterocycles. The normalized spacial score (nSPS) is 11.6. The molecule has 0 fully saturated rings. The Bertz CT molecular complexity index is 282. The summed E-state index contributed by atoms with van der Waals surface area (Å²) >= 11 is 0. The highest BCUT2D eigenvalue weighted by Crippen LogP contribution is 2.18. The predicted octanol–water partition coefficient (Wildman–Crippen LogP) is 5.46. The zero-order valence-electron chi connectivity index (χ0n) is 15.6. The van der Waals surface area contributed by atoms with Gasteiger partial charge in [0.05, 0.1) is 6.07 Å². The second-order valence-electron chi connectivity index (χ2n) is 6.20. The van der Waals surface area contributed by atoms with E-state index in [4.69, 9.17) is 18.5 Å². The molecule has 0 radical (unpaired) electrons. The fraction of sp³-hybridized carbons (Fsp3) is 0.944. The lowest BCUT2D eigenvalue weighted by Crippen LogP contribution is -2.42. The van der Waals surface area contributed by atoms with Crippen molar-refractivity contribution in [2.75, 3.05) is 21.3 Å². The van der Waals surface area contributed by atoms with Gasteiger partial charge in [0.2, 0.25) is 0 Å². The van der Waals surface area contributed by atoms with E-state index in [1.165, 1.54) is 64.2 Å². The standard InChI is InChI=1S/C18H37NO3Si/c1-20-23(21-2,22-3)18-16-14-12-10-8-6-4-5-7-9-11-13-15-17-19/h4-16,18H2,1-3H3. The zero-order valence-corrected chi connectivity index (χ0v) is 16.6. The first kappa shape index (κ1) is 22.6. The Balaban J connectivity index is 3.26. The molecule has 0 heterocycles. The summed E-state index contributed by atoms with van der Waals surface area (Å²) in [7, 11) is 2.71. The molecule has 0 atom stereocenters. The number of unbranched alkanes of at least 4 members (excludes halogenated alkanes) is 12. The van der Waals surface area contributed by atoms with E-state index in [0.29, 0.717) is 0 Å². The van der Waals surface area contributed by atoms with Gasteiger partial charge in [-0.3, -0.25) is 0 Å². The van der Waals surface area contributed by atoms with Crippen LogP contribution in [0.2, 0.25) is 6.04 Å². The van der Waals surface area contributed by atoms with Crippen LogP contribution in [0.25, 0.3) is 0 Å². The van der Waals surface area contributed by atoms with Gasteiger partial charge in [0.1, 0.15) is 0 Å². The molecule has 0 aromatic carbocycles. The minimum absolute atomic E-state index is 0.725. The lowest BCUT2D eigenvalue weighted by atomic mass is 10.0. The van der Waals surface area contributed by atoms with Crippen LogP contribution in [0.5, 0.6) is 0 Å². The first-order valence-corrected chi connectivity index (χ1v) is 11.2. The molecule has 136 valence electrons. The van der Waals surface area contributed by atoms with Crippen molar-refractivity contribution in [2.24, 2.45) is 0 Å². The Kier molecular flexibility index (Phi) is 16.1. The van der Waals surface area contributed by atoms with Gasteiger partial charge < -0.3 is 13.3 Å². The maximum Gasteiger partial charge on any atom is 0.500 e. The molecule has 23 heavy (non-hydrogen) atoms. The molecule has 5 heteroatoms. The van der Waals surface area contributed by atoms with Crippen LogP contribution in [0, 0.1) is 11.3 Å². The van der Waals surface area contributed by atoms with Crippen molar-refractivity contribution in [1.29, 1.82) is 5.26 Å². The molecule has 0 N–H and O–H groups in total. The van der Waals surface area contributed by atoms with E-state index in [-0.39, 0.29) is 0 Å². The maximum atomic E-state index is 8.45. The van der Waals surface area contributed by atoms with E-state index in [1.54, 1.807) is 21.3 Å². The van der Waals surface area contributed by atoms with Crippen LogP contribution in [0.15, 0.2) is 0 Å². The molecule has 0 bridgehead atoms. The van der Waals surface area contributed by atoms with Crippen molar-refractivity contribution in [1.82, 2.24) is 0 Å². The molecule has 0 aliphatic heterocycles. The van der Waals surface area contributed by atoms with Crippen molar-refractivity contribution >= 4 is 8.80 Å². The van der Waals surface area contributed by atoms with Crippen LogP contribution in [0.1, 0.15) is 83.5 Å². The number of rotatable bonds is 17. The van der Waals surface area contributed by atoms with Gasteiger partial charge in [-0.2, -0.15) is 5.26 Å². The van der Waals surface area contributed by atoms with Crippen LogP contribution in [0.3, 0.4) is 0 Å². The molecular weight excluding hydrogens is 306 g/mol. The summed E-state index contributed by atoms with van der Waals surface area (Å²) in [6.45, 7) is 0. The molecule has 0 amide bonds. The second-order valence-corrected chi connectivity index (χ2v) is 9.29. The Morgan fingerprint density at radius 3 is 1.30 bits per heavy atom. The highest BCUT2D eigenvalue weighted by molar-refractivity contribution is 6.60. The first-order chi connectivity index (χ1) is 11.2. The van der Waals surface area contributed by atoms with E-state index in [1.807, 2.05) is 0 Å². The van der Waals surface area contributed by atoms with Crippen LogP contribution < -0.4 is 0 Å². The summed E-state index contributed by atoms with van der Waals surface area (Å²) in [5, 5.41) is 8.45. The van der Waals surface area contributed by atoms with Gasteiger partial charge in [-0.25, -0.2) is 0 Å². The second kappa shape index (κ2) is 16.4. The van der Waals surface area contributed by atoms with Crippen molar-refractivity contribution in [3.63, 3.8) is 0 Å². The summed E-state index contributed by atoms with van der Waals surface area (Å²) in [5.41, 5.74) is 0. The SMILES string of the molecule is CO[Si](CCCCCCCCCCCCCCC#N)(OC)OC. The lowest BCUT2D eigenvalue weighted by molar-refractivity contribution is 0.122.